The summed E-state index contributed by atoms with van der Waals surface area (Å²) in [6.45, 7) is 0.932. The van der Waals surface area contributed by atoms with E-state index in [2.05, 4.69) is 71.3 Å². The first-order valence-corrected chi connectivity index (χ1v) is 9.68. The van der Waals surface area contributed by atoms with Crippen molar-refractivity contribution in [1.29, 1.82) is 0 Å². The van der Waals surface area contributed by atoms with Crippen LogP contribution in [0, 0.1) is 0 Å². The van der Waals surface area contributed by atoms with E-state index in [0.717, 1.165) is 25.1 Å². The third-order valence-corrected chi connectivity index (χ3v) is 5.41. The summed E-state index contributed by atoms with van der Waals surface area (Å²) in [5.74, 6) is 0.665. The third-order valence-electron chi connectivity index (χ3n) is 5.41. The number of piperidine rings is 1. The van der Waals surface area contributed by atoms with Gasteiger partial charge in [0, 0.05) is 30.2 Å². The van der Waals surface area contributed by atoms with Gasteiger partial charge in [-0.2, -0.15) is 0 Å². The Morgan fingerprint density at radius 2 is 1.37 bits per heavy atom. The van der Waals surface area contributed by atoms with Gasteiger partial charge in [-0.3, -0.25) is 0 Å². The predicted molar refractivity (Wildman–Crippen MR) is 111 cm³/mol. The molecule has 1 saturated heterocycles. The zero-order valence-electron chi connectivity index (χ0n) is 15.4. The SMILES string of the molecule is Oc1ccc(N[C@@H]2CC[C@H](C(c3ccccc3)c3ccccc3)NC2)cc1. The molecule has 0 amide bonds. The van der Waals surface area contributed by atoms with Gasteiger partial charge < -0.3 is 15.7 Å². The van der Waals surface area contributed by atoms with E-state index in [0.29, 0.717) is 23.8 Å². The van der Waals surface area contributed by atoms with Gasteiger partial charge >= 0.3 is 0 Å². The first kappa shape index (κ1) is 17.6. The zero-order valence-corrected chi connectivity index (χ0v) is 15.4. The summed E-state index contributed by atoms with van der Waals surface area (Å²) in [4.78, 5) is 0. The highest BCUT2D eigenvalue weighted by atomic mass is 16.3. The average Bonchev–Trinajstić information content (AvgIpc) is 2.73. The third kappa shape index (κ3) is 4.32. The van der Waals surface area contributed by atoms with Crippen LogP contribution >= 0.6 is 0 Å². The van der Waals surface area contributed by atoms with Crippen LogP contribution in [0.1, 0.15) is 29.9 Å². The summed E-state index contributed by atoms with van der Waals surface area (Å²) >= 11 is 0. The Bertz CT molecular complexity index is 786. The van der Waals surface area contributed by atoms with E-state index in [1.807, 2.05) is 12.1 Å². The molecule has 1 heterocycles. The van der Waals surface area contributed by atoms with Gasteiger partial charge in [0.05, 0.1) is 0 Å². The van der Waals surface area contributed by atoms with Gasteiger partial charge in [-0.15, -0.1) is 0 Å². The number of phenolic OH excluding ortho intramolecular Hbond substituents is 1. The molecule has 27 heavy (non-hydrogen) atoms. The van der Waals surface area contributed by atoms with Crippen molar-refractivity contribution in [3.63, 3.8) is 0 Å². The van der Waals surface area contributed by atoms with Crippen molar-refractivity contribution in [2.45, 2.75) is 30.8 Å². The molecule has 0 bridgehead atoms. The number of rotatable bonds is 5. The number of nitrogens with one attached hydrogen (secondary N) is 2. The van der Waals surface area contributed by atoms with Crippen molar-refractivity contribution in [3.05, 3.63) is 96.1 Å². The topological polar surface area (TPSA) is 44.3 Å². The molecule has 0 aliphatic carbocycles. The summed E-state index contributed by atoms with van der Waals surface area (Å²) in [6.07, 6.45) is 2.24. The maximum absolute atomic E-state index is 9.43. The Labute approximate surface area is 161 Å². The Morgan fingerprint density at radius 3 is 1.89 bits per heavy atom. The highest BCUT2D eigenvalue weighted by Gasteiger charge is 2.29. The van der Waals surface area contributed by atoms with E-state index in [-0.39, 0.29) is 0 Å². The Morgan fingerprint density at radius 1 is 0.778 bits per heavy atom. The first-order chi connectivity index (χ1) is 13.3. The molecule has 1 aliphatic rings. The van der Waals surface area contributed by atoms with Crippen LogP contribution < -0.4 is 10.6 Å². The fourth-order valence-corrected chi connectivity index (χ4v) is 4.06. The van der Waals surface area contributed by atoms with E-state index in [4.69, 9.17) is 0 Å². The molecular weight excluding hydrogens is 332 g/mol. The zero-order chi connectivity index (χ0) is 18.5. The Kier molecular flexibility index (Phi) is 5.40. The molecule has 0 unspecified atom stereocenters. The molecule has 0 spiro atoms. The number of hydrogen-bond acceptors (Lipinski definition) is 3. The van der Waals surface area contributed by atoms with Gasteiger partial charge in [-0.05, 0) is 48.2 Å². The molecule has 0 aromatic heterocycles. The van der Waals surface area contributed by atoms with Crippen LogP contribution in [0.15, 0.2) is 84.9 Å². The number of anilines is 1. The molecule has 0 radical (unpaired) electrons. The lowest BCUT2D eigenvalue weighted by Gasteiger charge is -2.36. The molecule has 4 rings (SSSR count). The van der Waals surface area contributed by atoms with E-state index in [9.17, 15) is 5.11 Å². The highest BCUT2D eigenvalue weighted by molar-refractivity contribution is 5.47. The molecule has 1 aliphatic heterocycles. The van der Waals surface area contributed by atoms with Crippen molar-refractivity contribution in [2.24, 2.45) is 0 Å². The van der Waals surface area contributed by atoms with Crippen LogP contribution in [0.5, 0.6) is 5.75 Å². The fraction of sp³-hybridized carbons (Fsp3) is 0.250. The monoisotopic (exact) mass is 358 g/mol. The minimum Gasteiger partial charge on any atom is -0.508 e. The van der Waals surface area contributed by atoms with Gasteiger partial charge in [0.2, 0.25) is 0 Å². The number of phenols is 1. The molecular formula is C24H26N2O. The molecule has 0 saturated carbocycles. The van der Waals surface area contributed by atoms with Crippen molar-refractivity contribution < 1.29 is 5.11 Å². The average molecular weight is 358 g/mol. The van der Waals surface area contributed by atoms with Gasteiger partial charge in [-0.1, -0.05) is 60.7 Å². The summed E-state index contributed by atoms with van der Waals surface area (Å²) in [6, 6.07) is 29.8. The molecule has 3 nitrogen and oxygen atoms in total. The van der Waals surface area contributed by atoms with E-state index in [1.54, 1.807) is 12.1 Å². The summed E-state index contributed by atoms with van der Waals surface area (Å²) in [5.41, 5.74) is 3.79. The standard InChI is InChI=1S/C24H26N2O/c27-22-14-11-20(12-15-22)26-21-13-16-23(25-17-21)24(18-7-3-1-4-8-18)19-9-5-2-6-10-19/h1-12,14-15,21,23-27H,13,16-17H2/t21-,23-/m1/s1. The second kappa shape index (κ2) is 8.28. The van der Waals surface area contributed by atoms with Crippen molar-refractivity contribution in [3.8, 4) is 5.75 Å². The van der Waals surface area contributed by atoms with Gasteiger partial charge in [0.25, 0.3) is 0 Å². The highest BCUT2D eigenvalue weighted by Crippen LogP contribution is 2.32. The van der Waals surface area contributed by atoms with E-state index in [1.165, 1.54) is 11.1 Å². The van der Waals surface area contributed by atoms with Crippen LogP contribution in [0.3, 0.4) is 0 Å². The van der Waals surface area contributed by atoms with Crippen LogP contribution in [-0.2, 0) is 0 Å². The minimum atomic E-state index is 0.302. The van der Waals surface area contributed by atoms with Crippen molar-refractivity contribution in [1.82, 2.24) is 5.32 Å². The summed E-state index contributed by atoms with van der Waals surface area (Å²) in [7, 11) is 0. The van der Waals surface area contributed by atoms with Crippen LogP contribution in [0.4, 0.5) is 5.69 Å². The Balaban J connectivity index is 1.46. The number of hydrogen-bond donors (Lipinski definition) is 3. The second-order valence-electron chi connectivity index (χ2n) is 7.28. The lowest BCUT2D eigenvalue weighted by atomic mass is 9.81. The van der Waals surface area contributed by atoms with Crippen molar-refractivity contribution in [2.75, 3.05) is 11.9 Å². The lowest BCUT2D eigenvalue weighted by molar-refractivity contribution is 0.353. The number of benzene rings is 3. The van der Waals surface area contributed by atoms with E-state index < -0.39 is 0 Å². The van der Waals surface area contributed by atoms with Gasteiger partial charge in [-0.25, -0.2) is 0 Å². The number of aromatic hydroxyl groups is 1. The fourth-order valence-electron chi connectivity index (χ4n) is 4.06. The normalized spacial score (nSPS) is 19.7. The molecule has 3 heteroatoms. The molecule has 2 atom stereocenters. The maximum Gasteiger partial charge on any atom is 0.115 e. The quantitative estimate of drug-likeness (QED) is 0.576. The first-order valence-electron chi connectivity index (χ1n) is 9.68. The minimum absolute atomic E-state index is 0.302. The van der Waals surface area contributed by atoms with Crippen LogP contribution in [0.25, 0.3) is 0 Å². The lowest BCUT2D eigenvalue weighted by Crippen LogP contribution is -2.47. The van der Waals surface area contributed by atoms with Gasteiger partial charge in [0.15, 0.2) is 0 Å². The Hall–Kier alpha value is -2.78. The molecule has 3 aromatic rings. The van der Waals surface area contributed by atoms with Crippen molar-refractivity contribution >= 4 is 5.69 Å². The summed E-state index contributed by atoms with van der Waals surface area (Å²) < 4.78 is 0. The largest absolute Gasteiger partial charge is 0.508 e. The van der Waals surface area contributed by atoms with Crippen LogP contribution in [-0.4, -0.2) is 23.7 Å². The predicted octanol–water partition coefficient (Wildman–Crippen LogP) is 4.76. The summed E-state index contributed by atoms with van der Waals surface area (Å²) in [5, 5.41) is 16.8. The molecule has 138 valence electrons. The maximum atomic E-state index is 9.43. The second-order valence-corrected chi connectivity index (χ2v) is 7.28. The molecule has 3 N–H and O–H groups in total. The smallest absolute Gasteiger partial charge is 0.115 e. The molecule has 3 aromatic carbocycles. The van der Waals surface area contributed by atoms with Gasteiger partial charge in [0.1, 0.15) is 5.75 Å². The van der Waals surface area contributed by atoms with E-state index >= 15 is 0 Å². The van der Waals surface area contributed by atoms with Crippen LogP contribution in [0.2, 0.25) is 0 Å². The molecule has 1 fully saturated rings.